The zero-order valence-electron chi connectivity index (χ0n) is 18.5. The molecule has 0 bridgehead atoms. The van der Waals surface area contributed by atoms with Crippen LogP contribution in [-0.2, 0) is 10.0 Å². The zero-order chi connectivity index (χ0) is 23.2. The van der Waals surface area contributed by atoms with Gasteiger partial charge in [0.05, 0.1) is 10.6 Å². The number of nitrogens with one attached hydrogen (secondary N) is 1. The molecule has 3 aromatic carbocycles. The average molecular weight is 458 g/mol. The minimum absolute atomic E-state index is 0.206. The second kappa shape index (κ2) is 8.06. The first-order valence-corrected chi connectivity index (χ1v) is 12.1. The van der Waals surface area contributed by atoms with E-state index in [0.29, 0.717) is 22.6 Å². The third kappa shape index (κ3) is 3.77. The summed E-state index contributed by atoms with van der Waals surface area (Å²) in [5.41, 5.74) is 3.65. The quantitative estimate of drug-likeness (QED) is 0.417. The molecule has 0 aliphatic heterocycles. The van der Waals surface area contributed by atoms with Crippen LogP contribution in [0.3, 0.4) is 0 Å². The van der Waals surface area contributed by atoms with Crippen LogP contribution in [0.15, 0.2) is 77.7 Å². The molecule has 1 N–H and O–H groups in total. The van der Waals surface area contributed by atoms with Crippen molar-refractivity contribution in [3.63, 3.8) is 0 Å². The van der Waals surface area contributed by atoms with Gasteiger partial charge in [-0.15, -0.1) is 10.2 Å². The predicted molar refractivity (Wildman–Crippen MR) is 128 cm³/mol. The van der Waals surface area contributed by atoms with E-state index in [-0.39, 0.29) is 10.9 Å². The van der Waals surface area contributed by atoms with Crippen molar-refractivity contribution in [2.24, 2.45) is 0 Å². The summed E-state index contributed by atoms with van der Waals surface area (Å²) in [6.45, 7) is 5.55. The highest BCUT2D eigenvalue weighted by Crippen LogP contribution is 2.28. The minimum atomic E-state index is -3.78. The Morgan fingerprint density at radius 2 is 1.58 bits per heavy atom. The van der Waals surface area contributed by atoms with Gasteiger partial charge in [0.15, 0.2) is 11.5 Å². The number of rotatable bonds is 5. The molecule has 2 heterocycles. The van der Waals surface area contributed by atoms with E-state index in [1.54, 1.807) is 23.6 Å². The molecule has 166 valence electrons. The third-order valence-corrected chi connectivity index (χ3v) is 7.50. The van der Waals surface area contributed by atoms with Gasteiger partial charge in [-0.3, -0.25) is 0 Å². The molecule has 0 unspecified atom stereocenters. The Labute approximate surface area is 192 Å². The van der Waals surface area contributed by atoms with Crippen molar-refractivity contribution in [2.75, 3.05) is 0 Å². The van der Waals surface area contributed by atoms with Crippen LogP contribution in [0.4, 0.5) is 0 Å². The van der Waals surface area contributed by atoms with Gasteiger partial charge in [0.1, 0.15) is 0 Å². The highest BCUT2D eigenvalue weighted by Gasteiger charge is 2.22. The Kier molecular flexibility index (Phi) is 5.19. The summed E-state index contributed by atoms with van der Waals surface area (Å²) in [5.74, 6) is 0.492. The van der Waals surface area contributed by atoms with Gasteiger partial charge in [-0.05, 0) is 38.0 Å². The molecule has 0 spiro atoms. The van der Waals surface area contributed by atoms with E-state index >= 15 is 0 Å². The number of aryl methyl sites for hydroxylation is 2. The standard InChI is InChI=1S/C25H23N5O2S/c1-16-13-14-20(15-23(16)33(31,32)29-17(2)19-9-5-4-6-10-19)24-26-27-25-22-12-8-7-11-21(22)18(3)28-30(24)25/h4-15,17,29H,1-3H3/t17-/m0/s1. The number of aromatic nitrogens is 4. The molecule has 5 rings (SSSR count). The van der Waals surface area contributed by atoms with Crippen LogP contribution >= 0.6 is 0 Å². The second-order valence-electron chi connectivity index (χ2n) is 8.12. The number of nitrogens with zero attached hydrogens (tertiary/aromatic N) is 4. The Bertz CT molecular complexity index is 1590. The van der Waals surface area contributed by atoms with Gasteiger partial charge in [0.2, 0.25) is 10.0 Å². The Balaban J connectivity index is 1.59. The molecule has 5 aromatic rings. The van der Waals surface area contributed by atoms with Crippen molar-refractivity contribution in [3.8, 4) is 11.4 Å². The van der Waals surface area contributed by atoms with Crippen LogP contribution < -0.4 is 4.72 Å². The topological polar surface area (TPSA) is 89.2 Å². The summed E-state index contributed by atoms with van der Waals surface area (Å²) >= 11 is 0. The molecular formula is C25H23N5O2S. The van der Waals surface area contributed by atoms with Crippen molar-refractivity contribution in [3.05, 3.63) is 89.6 Å². The van der Waals surface area contributed by atoms with Gasteiger partial charge in [-0.1, -0.05) is 66.7 Å². The van der Waals surface area contributed by atoms with Gasteiger partial charge in [-0.25, -0.2) is 13.1 Å². The lowest BCUT2D eigenvalue weighted by atomic mass is 10.1. The molecule has 8 heteroatoms. The monoisotopic (exact) mass is 457 g/mol. The SMILES string of the molecule is Cc1ccc(-c2nnc3c4ccccc4c(C)nn23)cc1S(=O)(=O)N[C@@H](C)c1ccccc1. The first kappa shape index (κ1) is 21.2. The number of hydrogen-bond donors (Lipinski definition) is 1. The number of sulfonamides is 1. The molecule has 0 saturated carbocycles. The maximum atomic E-state index is 13.3. The van der Waals surface area contributed by atoms with Crippen LogP contribution in [-0.4, -0.2) is 28.2 Å². The van der Waals surface area contributed by atoms with Crippen LogP contribution in [0.2, 0.25) is 0 Å². The fraction of sp³-hybridized carbons (Fsp3) is 0.160. The lowest BCUT2D eigenvalue weighted by Crippen LogP contribution is -2.27. The molecule has 0 aliphatic carbocycles. The van der Waals surface area contributed by atoms with Crippen LogP contribution in [0, 0.1) is 13.8 Å². The van der Waals surface area contributed by atoms with Crippen molar-refractivity contribution in [1.29, 1.82) is 0 Å². The van der Waals surface area contributed by atoms with E-state index in [1.807, 2.05) is 74.5 Å². The van der Waals surface area contributed by atoms with Gasteiger partial charge in [-0.2, -0.15) is 9.61 Å². The van der Waals surface area contributed by atoms with Gasteiger partial charge in [0, 0.05) is 22.4 Å². The molecule has 33 heavy (non-hydrogen) atoms. The van der Waals surface area contributed by atoms with Gasteiger partial charge >= 0.3 is 0 Å². The number of fused-ring (bicyclic) bond motifs is 3. The zero-order valence-corrected chi connectivity index (χ0v) is 19.3. The summed E-state index contributed by atoms with van der Waals surface area (Å²) < 4.78 is 31.0. The summed E-state index contributed by atoms with van der Waals surface area (Å²) in [7, 11) is -3.78. The summed E-state index contributed by atoms with van der Waals surface area (Å²) in [5, 5.41) is 15.3. The number of hydrogen-bond acceptors (Lipinski definition) is 5. The smallest absolute Gasteiger partial charge is 0.207 e. The predicted octanol–water partition coefficient (Wildman–Crippen LogP) is 4.60. The molecule has 2 aromatic heterocycles. The van der Waals surface area contributed by atoms with Crippen molar-refractivity contribution in [2.45, 2.75) is 31.7 Å². The molecule has 0 aliphatic rings. The Morgan fingerprint density at radius 3 is 2.33 bits per heavy atom. The minimum Gasteiger partial charge on any atom is -0.207 e. The van der Waals surface area contributed by atoms with Crippen LogP contribution in [0.1, 0.15) is 29.8 Å². The molecular weight excluding hydrogens is 434 g/mol. The Hall–Kier alpha value is -3.62. The van der Waals surface area contributed by atoms with E-state index in [2.05, 4.69) is 20.0 Å². The molecule has 0 saturated heterocycles. The average Bonchev–Trinajstić information content (AvgIpc) is 3.24. The summed E-state index contributed by atoms with van der Waals surface area (Å²) in [6, 6.07) is 22.3. The highest BCUT2D eigenvalue weighted by atomic mass is 32.2. The van der Waals surface area contributed by atoms with Crippen molar-refractivity contribution >= 4 is 26.4 Å². The lowest BCUT2D eigenvalue weighted by Gasteiger charge is -2.16. The first-order chi connectivity index (χ1) is 15.8. The summed E-state index contributed by atoms with van der Waals surface area (Å²) in [4.78, 5) is 0.206. The van der Waals surface area contributed by atoms with Crippen molar-refractivity contribution < 1.29 is 8.42 Å². The largest absolute Gasteiger partial charge is 0.241 e. The van der Waals surface area contributed by atoms with E-state index in [4.69, 9.17) is 0 Å². The molecule has 0 fully saturated rings. The van der Waals surface area contributed by atoms with Gasteiger partial charge in [0.25, 0.3) is 0 Å². The molecule has 0 radical (unpaired) electrons. The van der Waals surface area contributed by atoms with Crippen LogP contribution in [0.25, 0.3) is 27.8 Å². The maximum absolute atomic E-state index is 13.3. The number of benzene rings is 3. The van der Waals surface area contributed by atoms with E-state index < -0.39 is 10.0 Å². The highest BCUT2D eigenvalue weighted by molar-refractivity contribution is 7.89. The van der Waals surface area contributed by atoms with E-state index in [9.17, 15) is 8.42 Å². The van der Waals surface area contributed by atoms with Gasteiger partial charge < -0.3 is 0 Å². The maximum Gasteiger partial charge on any atom is 0.241 e. The van der Waals surface area contributed by atoms with E-state index in [0.717, 1.165) is 22.0 Å². The van der Waals surface area contributed by atoms with Crippen LogP contribution in [0.5, 0.6) is 0 Å². The van der Waals surface area contributed by atoms with E-state index in [1.165, 1.54) is 0 Å². The third-order valence-electron chi connectivity index (χ3n) is 5.82. The normalized spacial score (nSPS) is 12.9. The van der Waals surface area contributed by atoms with Crippen molar-refractivity contribution in [1.82, 2.24) is 24.5 Å². The fourth-order valence-electron chi connectivity index (χ4n) is 4.05. The first-order valence-electron chi connectivity index (χ1n) is 10.6. The summed E-state index contributed by atoms with van der Waals surface area (Å²) in [6.07, 6.45) is 0. The second-order valence-corrected chi connectivity index (χ2v) is 9.81. The molecule has 1 atom stereocenters. The molecule has 0 amide bonds. The molecule has 7 nitrogen and oxygen atoms in total. The Morgan fingerprint density at radius 1 is 0.879 bits per heavy atom. The fourth-order valence-corrected chi connectivity index (χ4v) is 5.56. The lowest BCUT2D eigenvalue weighted by molar-refractivity contribution is 0.566.